The summed E-state index contributed by atoms with van der Waals surface area (Å²) in [5.74, 6) is -0.808. The average Bonchev–Trinajstić information content (AvgIpc) is 3.50. The quantitative estimate of drug-likeness (QED) is 0.235. The number of benzene rings is 3. The van der Waals surface area contributed by atoms with Gasteiger partial charge in [0.25, 0.3) is 0 Å². The second kappa shape index (κ2) is 11.7. The Morgan fingerprint density at radius 3 is 2.19 bits per heavy atom. The van der Waals surface area contributed by atoms with Crippen LogP contribution in [0.15, 0.2) is 65.1 Å². The number of hydrogen-bond donors (Lipinski definition) is 3. The van der Waals surface area contributed by atoms with Crippen molar-refractivity contribution in [2.75, 3.05) is 13.1 Å². The molecule has 3 amide bonds. The molecule has 0 radical (unpaired) electrons. The molecule has 3 aromatic carbocycles. The van der Waals surface area contributed by atoms with Gasteiger partial charge >= 0.3 is 0 Å². The topological polar surface area (TPSA) is 181 Å². The number of nitriles is 1. The van der Waals surface area contributed by atoms with Crippen molar-refractivity contribution >= 4 is 17.7 Å². The van der Waals surface area contributed by atoms with Crippen LogP contribution >= 0.6 is 0 Å². The molecule has 11 nitrogen and oxygen atoms in total. The monoisotopic (exact) mass is 633 g/mol. The number of carbonyl (C=O) groups is 3. The minimum absolute atomic E-state index is 0.0447. The zero-order valence-electron chi connectivity index (χ0n) is 25.4. The van der Waals surface area contributed by atoms with Crippen LogP contribution in [0.5, 0.6) is 0 Å². The smallest absolute Gasteiger partial charge is 0.248 e. The first kappa shape index (κ1) is 30.3. The van der Waals surface area contributed by atoms with Crippen molar-refractivity contribution < 1.29 is 23.2 Å². The Morgan fingerprint density at radius 1 is 0.957 bits per heavy atom. The number of fused-ring (bicyclic) bond motifs is 3. The van der Waals surface area contributed by atoms with E-state index in [4.69, 9.17) is 15.9 Å². The third kappa shape index (κ3) is 5.32. The normalized spacial score (nSPS) is 20.3. The van der Waals surface area contributed by atoms with Crippen molar-refractivity contribution in [3.8, 4) is 17.5 Å². The van der Waals surface area contributed by atoms with E-state index in [9.17, 15) is 24.0 Å². The maximum absolute atomic E-state index is 13.7. The molecule has 3 aliphatic rings. The van der Waals surface area contributed by atoms with E-state index in [1.165, 1.54) is 12.1 Å². The van der Waals surface area contributed by atoms with Crippen LogP contribution in [0.25, 0.3) is 11.5 Å². The first-order chi connectivity index (χ1) is 22.7. The van der Waals surface area contributed by atoms with Crippen molar-refractivity contribution in [1.29, 1.82) is 5.26 Å². The third-order valence-corrected chi connectivity index (χ3v) is 9.74. The van der Waals surface area contributed by atoms with Crippen LogP contribution in [0.2, 0.25) is 0 Å². The van der Waals surface area contributed by atoms with E-state index in [1.807, 2.05) is 12.1 Å². The van der Waals surface area contributed by atoms with Gasteiger partial charge in [0.15, 0.2) is 0 Å². The van der Waals surface area contributed by atoms with Crippen molar-refractivity contribution in [2.24, 2.45) is 17.4 Å². The van der Waals surface area contributed by atoms with E-state index >= 15 is 0 Å². The van der Waals surface area contributed by atoms with Crippen molar-refractivity contribution in [2.45, 2.75) is 49.6 Å². The minimum Gasteiger partial charge on any atom is -0.419 e. The van der Waals surface area contributed by atoms with Gasteiger partial charge in [-0.2, -0.15) is 5.26 Å². The summed E-state index contributed by atoms with van der Waals surface area (Å²) in [6, 6.07) is 18.3. The fourth-order valence-corrected chi connectivity index (χ4v) is 7.36. The van der Waals surface area contributed by atoms with E-state index < -0.39 is 29.1 Å². The molecule has 0 spiro atoms. The Morgan fingerprint density at radius 2 is 1.60 bits per heavy atom. The third-order valence-electron chi connectivity index (χ3n) is 9.74. The summed E-state index contributed by atoms with van der Waals surface area (Å²) in [5, 5.41) is 21.8. The summed E-state index contributed by atoms with van der Waals surface area (Å²) in [4.78, 5) is 39.4. The zero-order chi connectivity index (χ0) is 32.9. The Bertz CT molecular complexity index is 1880. The van der Waals surface area contributed by atoms with Gasteiger partial charge in [0.2, 0.25) is 29.5 Å². The molecule has 12 heteroatoms. The number of hydrogen-bond acceptors (Lipinski definition) is 8. The molecular weight excluding hydrogens is 601 g/mol. The van der Waals surface area contributed by atoms with Crippen LogP contribution < -0.4 is 16.8 Å². The predicted molar refractivity (Wildman–Crippen MR) is 167 cm³/mol. The number of aromatic nitrogens is 2. The highest BCUT2D eigenvalue weighted by atomic mass is 19.1. The summed E-state index contributed by atoms with van der Waals surface area (Å²) < 4.78 is 20.1. The van der Waals surface area contributed by atoms with Gasteiger partial charge in [0.05, 0.1) is 12.6 Å². The highest BCUT2D eigenvalue weighted by Gasteiger charge is 2.54. The molecule has 47 heavy (non-hydrogen) atoms. The van der Waals surface area contributed by atoms with Crippen molar-refractivity contribution in [1.82, 2.24) is 20.4 Å². The Balaban J connectivity index is 1.32. The molecule has 0 unspecified atom stereocenters. The Hall–Kier alpha value is -5.41. The van der Waals surface area contributed by atoms with Crippen molar-refractivity contribution in [3.63, 3.8) is 0 Å². The van der Waals surface area contributed by atoms with Crippen LogP contribution in [0, 0.1) is 23.1 Å². The number of nitrogens with two attached hydrogens (primary N) is 2. The Labute approximate surface area is 269 Å². The summed E-state index contributed by atoms with van der Waals surface area (Å²) in [6.07, 6.45) is 3.04. The fourth-order valence-electron chi connectivity index (χ4n) is 7.36. The minimum atomic E-state index is -1.10. The van der Waals surface area contributed by atoms with Crippen LogP contribution in [0.1, 0.15) is 68.1 Å². The number of aryl methyl sites for hydroxylation is 2. The molecule has 7 rings (SSSR count). The number of nitrogens with one attached hydrogen (secondary N) is 1. The molecule has 2 fully saturated rings. The molecule has 2 aliphatic carbocycles. The average molecular weight is 634 g/mol. The van der Waals surface area contributed by atoms with E-state index in [2.05, 4.69) is 21.6 Å². The molecule has 238 valence electrons. The lowest BCUT2D eigenvalue weighted by Crippen LogP contribution is -2.44. The first-order valence-corrected chi connectivity index (χ1v) is 15.6. The van der Waals surface area contributed by atoms with E-state index in [0.717, 1.165) is 35.1 Å². The number of primary amides is 2. The fraction of sp³-hybridized carbons (Fsp3) is 0.314. The van der Waals surface area contributed by atoms with Crippen LogP contribution in [-0.4, -0.2) is 58.0 Å². The zero-order valence-corrected chi connectivity index (χ0v) is 25.4. The molecule has 1 saturated heterocycles. The van der Waals surface area contributed by atoms with E-state index in [1.54, 1.807) is 41.3 Å². The molecular formula is C35H32FN7O4. The number of halogens is 1. The second-order valence-electron chi connectivity index (χ2n) is 12.5. The van der Waals surface area contributed by atoms with E-state index in [-0.39, 0.29) is 30.3 Å². The molecule has 0 bridgehead atoms. The lowest BCUT2D eigenvalue weighted by molar-refractivity contribution is -0.131. The summed E-state index contributed by atoms with van der Waals surface area (Å²) in [7, 11) is 0. The molecule has 1 saturated carbocycles. The van der Waals surface area contributed by atoms with Gasteiger partial charge in [-0.1, -0.05) is 12.1 Å². The number of nitrogens with zero attached hydrogens (tertiary/aromatic N) is 4. The second-order valence-corrected chi connectivity index (χ2v) is 12.5. The van der Waals surface area contributed by atoms with Gasteiger partial charge < -0.3 is 26.1 Å². The SMILES string of the molecule is N#C[C@@H]1C[C@@H]2C[C@@H]2N1C(=O)CNCCC1(c2nnc(-c3ccc(F)cc3)o2)c2ccc(C(N)=O)cc2CCc2cc(C(N)=O)ccc21. The molecule has 3 atom stereocenters. The summed E-state index contributed by atoms with van der Waals surface area (Å²) in [5.41, 5.74) is 14.7. The first-order valence-electron chi connectivity index (χ1n) is 15.6. The maximum Gasteiger partial charge on any atom is 0.248 e. The van der Waals surface area contributed by atoms with Gasteiger partial charge in [-0.15, -0.1) is 10.2 Å². The maximum atomic E-state index is 13.7. The number of amides is 3. The summed E-state index contributed by atoms with van der Waals surface area (Å²) >= 11 is 0. The van der Waals surface area contributed by atoms with Gasteiger partial charge in [0.1, 0.15) is 17.3 Å². The highest BCUT2D eigenvalue weighted by molar-refractivity contribution is 5.94. The standard InChI is InChI=1S/C35H32FN7O4/c36-25-7-3-19(4-8-25)33-41-42-34(47-33)35(11-12-40-18-30(44)43-26(17-37)15-24-16-29(24)43)27-9-5-22(31(38)45)13-20(27)1-2-21-14-23(32(39)46)6-10-28(21)35/h3-10,13-14,24,26,29,40H,1-2,11-12,15-16,18H2,(H2,38,45)(H2,39,46)/t24-,26+,29+/m1/s1. The molecule has 1 aromatic heterocycles. The van der Waals surface area contributed by atoms with Gasteiger partial charge in [-0.25, -0.2) is 4.39 Å². The van der Waals surface area contributed by atoms with Gasteiger partial charge in [-0.3, -0.25) is 14.4 Å². The van der Waals surface area contributed by atoms with Crippen molar-refractivity contribution in [3.05, 3.63) is 106 Å². The van der Waals surface area contributed by atoms with Crippen LogP contribution in [0.3, 0.4) is 0 Å². The highest BCUT2D eigenvalue weighted by Crippen LogP contribution is 2.49. The van der Waals surface area contributed by atoms with Crippen LogP contribution in [0.4, 0.5) is 4.39 Å². The molecule has 5 N–H and O–H groups in total. The number of piperidine rings is 1. The molecule has 1 aliphatic heterocycles. The van der Waals surface area contributed by atoms with Gasteiger partial charge in [0, 0.05) is 22.7 Å². The predicted octanol–water partition coefficient (Wildman–Crippen LogP) is 3.00. The molecule has 4 aromatic rings. The van der Waals surface area contributed by atoms with Gasteiger partial charge in [-0.05, 0) is 115 Å². The largest absolute Gasteiger partial charge is 0.419 e. The summed E-state index contributed by atoms with van der Waals surface area (Å²) in [6.45, 7) is 0.371. The number of likely N-dealkylation sites (tertiary alicyclic amines) is 1. The van der Waals surface area contributed by atoms with Crippen LogP contribution in [-0.2, 0) is 23.1 Å². The van der Waals surface area contributed by atoms with E-state index in [0.29, 0.717) is 48.4 Å². The lowest BCUT2D eigenvalue weighted by Gasteiger charge is -2.34. The number of rotatable bonds is 9. The molecule has 2 heterocycles. The lowest BCUT2D eigenvalue weighted by atomic mass is 9.69. The Kier molecular flexibility index (Phi) is 7.56. The number of carbonyl (C=O) groups excluding carboxylic acids is 3.